The Hall–Kier alpha value is -1.85. The standard InChI is InChI=1S/C4H4N4O6S/c5-1-2(6-4(10)7-3(1)9)8-13-15(11,12)14-8/h5H2,(H2,6,7,9,10). The van der Waals surface area contributed by atoms with Crippen LogP contribution in [0.3, 0.4) is 0 Å². The van der Waals surface area contributed by atoms with Crippen LogP contribution in [-0.2, 0) is 19.0 Å². The summed E-state index contributed by atoms with van der Waals surface area (Å²) in [5.74, 6) is -0.390. The van der Waals surface area contributed by atoms with Crippen LogP contribution in [-0.4, -0.2) is 18.4 Å². The van der Waals surface area contributed by atoms with Crippen LogP contribution in [0.5, 0.6) is 0 Å². The molecule has 0 atom stereocenters. The second-order valence-corrected chi connectivity index (χ2v) is 3.60. The van der Waals surface area contributed by atoms with E-state index < -0.39 is 33.2 Å². The normalized spacial score (nSPS) is 18.5. The molecule has 1 aromatic rings. The number of nitrogens with one attached hydrogen (secondary N) is 2. The van der Waals surface area contributed by atoms with Gasteiger partial charge in [0.05, 0.1) is 0 Å². The maximum Gasteiger partial charge on any atom is 0.446 e. The molecule has 0 spiro atoms. The number of H-pyrrole nitrogens is 2. The zero-order valence-corrected chi connectivity index (χ0v) is 7.70. The average Bonchev–Trinajstić information content (AvgIpc) is 2.07. The van der Waals surface area contributed by atoms with Crippen molar-refractivity contribution < 1.29 is 17.0 Å². The van der Waals surface area contributed by atoms with Crippen LogP contribution >= 0.6 is 0 Å². The van der Waals surface area contributed by atoms with Gasteiger partial charge in [-0.2, -0.15) is 8.42 Å². The van der Waals surface area contributed by atoms with Gasteiger partial charge < -0.3 is 5.73 Å². The van der Waals surface area contributed by atoms with Crippen molar-refractivity contribution in [3.05, 3.63) is 20.8 Å². The van der Waals surface area contributed by atoms with Gasteiger partial charge in [0.25, 0.3) is 5.56 Å². The Labute approximate surface area is 81.5 Å². The third-order valence-electron chi connectivity index (χ3n) is 1.46. The number of aromatic amines is 2. The second-order valence-electron chi connectivity index (χ2n) is 2.48. The first-order chi connectivity index (χ1) is 6.89. The van der Waals surface area contributed by atoms with E-state index in [4.69, 9.17) is 5.73 Å². The summed E-state index contributed by atoms with van der Waals surface area (Å²) in [4.78, 5) is 25.6. The van der Waals surface area contributed by atoms with Crippen LogP contribution in [0.2, 0.25) is 0 Å². The van der Waals surface area contributed by atoms with E-state index in [2.05, 4.69) is 8.57 Å². The van der Waals surface area contributed by atoms with E-state index in [0.717, 1.165) is 0 Å². The van der Waals surface area contributed by atoms with E-state index in [-0.39, 0.29) is 0 Å². The van der Waals surface area contributed by atoms with Crippen LogP contribution in [0.25, 0.3) is 0 Å². The lowest BCUT2D eigenvalue weighted by molar-refractivity contribution is -0.0206. The Kier molecular flexibility index (Phi) is 1.82. The molecule has 0 amide bonds. The highest BCUT2D eigenvalue weighted by atomic mass is 32.3. The summed E-state index contributed by atoms with van der Waals surface area (Å²) in [5.41, 5.74) is 3.04. The predicted octanol–water partition coefficient (Wildman–Crippen LogP) is -2.43. The lowest BCUT2D eigenvalue weighted by Crippen LogP contribution is -2.44. The second kappa shape index (κ2) is 2.82. The SMILES string of the molecule is Nc1c(N2OS(=O)(=O)O2)[nH]c(=O)[nH]c1=O. The van der Waals surface area contributed by atoms with Crippen LogP contribution in [0, 0.1) is 0 Å². The molecule has 1 fully saturated rings. The van der Waals surface area contributed by atoms with Gasteiger partial charge in [-0.05, 0) is 0 Å². The number of nitrogens with two attached hydrogens (primary N) is 1. The van der Waals surface area contributed by atoms with Crippen LogP contribution in [0.15, 0.2) is 9.59 Å². The summed E-state index contributed by atoms with van der Waals surface area (Å²) in [5, 5.41) is 0.307. The van der Waals surface area contributed by atoms with Crippen LogP contribution in [0.4, 0.5) is 11.5 Å². The molecule has 0 saturated carbocycles. The number of anilines is 2. The highest BCUT2D eigenvalue weighted by Gasteiger charge is 2.38. The van der Waals surface area contributed by atoms with Crippen molar-refractivity contribution in [1.82, 2.24) is 9.97 Å². The smallest absolute Gasteiger partial charge is 0.391 e. The number of nitrogen functional groups attached to an aromatic ring is 1. The summed E-state index contributed by atoms with van der Waals surface area (Å²) >= 11 is 0. The third kappa shape index (κ3) is 1.58. The van der Waals surface area contributed by atoms with E-state index >= 15 is 0 Å². The minimum Gasteiger partial charge on any atom is -0.391 e. The molecule has 1 saturated heterocycles. The number of rotatable bonds is 1. The van der Waals surface area contributed by atoms with Gasteiger partial charge in [0.15, 0.2) is 5.82 Å². The lowest BCUT2D eigenvalue weighted by atomic mass is 10.5. The highest BCUT2D eigenvalue weighted by Crippen LogP contribution is 2.25. The molecule has 4 N–H and O–H groups in total. The highest BCUT2D eigenvalue weighted by molar-refractivity contribution is 7.82. The number of aromatic nitrogens is 2. The Morgan fingerprint density at radius 2 is 1.80 bits per heavy atom. The van der Waals surface area contributed by atoms with Gasteiger partial charge in [-0.1, -0.05) is 13.8 Å². The Morgan fingerprint density at radius 1 is 1.20 bits per heavy atom. The van der Waals surface area contributed by atoms with Crippen molar-refractivity contribution in [2.75, 3.05) is 11.0 Å². The van der Waals surface area contributed by atoms with Crippen molar-refractivity contribution >= 4 is 21.9 Å². The third-order valence-corrected chi connectivity index (χ3v) is 2.10. The summed E-state index contributed by atoms with van der Waals surface area (Å²) < 4.78 is 29.1. The molecule has 1 aromatic heterocycles. The first kappa shape index (κ1) is 9.70. The predicted molar refractivity (Wildman–Crippen MR) is 45.7 cm³/mol. The molecule has 0 unspecified atom stereocenters. The molecule has 15 heavy (non-hydrogen) atoms. The maximum absolute atomic E-state index is 11.0. The first-order valence-electron chi connectivity index (χ1n) is 3.45. The lowest BCUT2D eigenvalue weighted by Gasteiger charge is -2.26. The van der Waals surface area contributed by atoms with Gasteiger partial charge in [-0.15, -0.1) is 0 Å². The molecular weight excluding hydrogens is 232 g/mol. The van der Waals surface area contributed by atoms with Gasteiger partial charge >= 0.3 is 16.1 Å². The van der Waals surface area contributed by atoms with Crippen molar-refractivity contribution in [3.8, 4) is 0 Å². The molecular formula is C4H4N4O6S. The zero-order valence-electron chi connectivity index (χ0n) is 6.88. The molecule has 11 heteroatoms. The topological polar surface area (TPSA) is 148 Å². The molecule has 0 aliphatic carbocycles. The molecule has 2 rings (SSSR count). The molecule has 10 nitrogen and oxygen atoms in total. The molecule has 1 aliphatic rings. The quantitative estimate of drug-likeness (QED) is 0.487. The van der Waals surface area contributed by atoms with Crippen molar-refractivity contribution in [3.63, 3.8) is 0 Å². The molecule has 0 aromatic carbocycles. The van der Waals surface area contributed by atoms with E-state index in [0.29, 0.717) is 5.23 Å². The van der Waals surface area contributed by atoms with Gasteiger partial charge in [0, 0.05) is 0 Å². The summed E-state index contributed by atoms with van der Waals surface area (Å²) in [7, 11) is -4.09. The monoisotopic (exact) mass is 236 g/mol. The van der Waals surface area contributed by atoms with Gasteiger partial charge in [0.2, 0.25) is 0 Å². The zero-order chi connectivity index (χ0) is 11.2. The van der Waals surface area contributed by atoms with Crippen molar-refractivity contribution in [2.45, 2.75) is 0 Å². The molecule has 2 heterocycles. The fraction of sp³-hybridized carbons (Fsp3) is 0. The number of hydrogen-bond donors (Lipinski definition) is 3. The van der Waals surface area contributed by atoms with Gasteiger partial charge in [-0.3, -0.25) is 14.8 Å². The maximum atomic E-state index is 11.0. The van der Waals surface area contributed by atoms with Crippen LogP contribution in [0.1, 0.15) is 0 Å². The minimum absolute atomic E-state index is 0.307. The van der Waals surface area contributed by atoms with E-state index in [9.17, 15) is 18.0 Å². The number of hydrogen-bond acceptors (Lipinski definition) is 8. The van der Waals surface area contributed by atoms with E-state index in [1.54, 1.807) is 0 Å². The molecule has 1 aliphatic heterocycles. The van der Waals surface area contributed by atoms with E-state index in [1.807, 2.05) is 9.97 Å². The van der Waals surface area contributed by atoms with Gasteiger partial charge in [-0.25, -0.2) is 4.79 Å². The minimum atomic E-state index is -4.09. The molecule has 0 bridgehead atoms. The van der Waals surface area contributed by atoms with Gasteiger partial charge in [0.1, 0.15) is 5.69 Å². The largest absolute Gasteiger partial charge is 0.446 e. The fourth-order valence-electron chi connectivity index (χ4n) is 0.874. The molecule has 82 valence electrons. The first-order valence-corrected chi connectivity index (χ1v) is 4.79. The van der Waals surface area contributed by atoms with Crippen molar-refractivity contribution in [2.24, 2.45) is 0 Å². The fourth-order valence-corrected chi connectivity index (χ4v) is 1.37. The Balaban J connectivity index is 2.47. The Morgan fingerprint density at radius 3 is 2.33 bits per heavy atom. The molecule has 0 radical (unpaired) electrons. The van der Waals surface area contributed by atoms with E-state index in [1.165, 1.54) is 0 Å². The summed E-state index contributed by atoms with van der Waals surface area (Å²) in [6.45, 7) is 0. The summed E-state index contributed by atoms with van der Waals surface area (Å²) in [6.07, 6.45) is 0. The number of nitrogens with zero attached hydrogens (tertiary/aromatic N) is 1. The Bertz CT molecular complexity index is 601. The average molecular weight is 236 g/mol. The van der Waals surface area contributed by atoms with Crippen molar-refractivity contribution in [1.29, 1.82) is 0 Å². The summed E-state index contributed by atoms with van der Waals surface area (Å²) in [6, 6.07) is 0. The van der Waals surface area contributed by atoms with Crippen LogP contribution < -0.4 is 22.2 Å².